The van der Waals surface area contributed by atoms with Crippen molar-refractivity contribution in [1.29, 1.82) is 0 Å². The molecule has 1 atom stereocenters. The van der Waals surface area contributed by atoms with Crippen LogP contribution in [0.15, 0.2) is 12.2 Å². The van der Waals surface area contributed by atoms with Gasteiger partial charge in [0, 0.05) is 12.4 Å². The second-order valence-electron chi connectivity index (χ2n) is 3.28. The molecule has 0 spiro atoms. The van der Waals surface area contributed by atoms with Crippen molar-refractivity contribution in [3.8, 4) is 0 Å². The molecule has 0 aliphatic rings. The van der Waals surface area contributed by atoms with Crippen LogP contribution in [-0.2, 0) is 9.53 Å². The Morgan fingerprint density at radius 2 is 2.25 bits per heavy atom. The lowest BCUT2D eigenvalue weighted by Crippen LogP contribution is -2.12. The Kier molecular flexibility index (Phi) is 10.6. The molecule has 4 nitrogen and oxygen atoms in total. The zero-order valence-corrected chi connectivity index (χ0v) is 10.4. The number of carbonyl (C=O) groups is 1. The molecule has 0 radical (unpaired) electrons. The van der Waals surface area contributed by atoms with E-state index in [4.69, 9.17) is 9.84 Å². The number of aliphatic hydroxyl groups excluding tert-OH is 1. The summed E-state index contributed by atoms with van der Waals surface area (Å²) in [6, 6.07) is 0. The molecule has 0 saturated carbocycles. The molecule has 94 valence electrons. The average Bonchev–Trinajstić information content (AvgIpc) is 2.22. The topological polar surface area (TPSA) is 66.8 Å². The maximum Gasteiger partial charge on any atom is 0.304 e. The van der Waals surface area contributed by atoms with Gasteiger partial charge in [0.15, 0.2) is 0 Å². The molecule has 0 saturated heterocycles. The van der Waals surface area contributed by atoms with Gasteiger partial charge in [0.05, 0.1) is 19.1 Å². The average molecular weight is 248 g/mol. The molecule has 0 heterocycles. The van der Waals surface area contributed by atoms with Gasteiger partial charge in [-0.3, -0.25) is 4.79 Å². The molecule has 16 heavy (non-hydrogen) atoms. The van der Waals surface area contributed by atoms with Crippen molar-refractivity contribution in [2.75, 3.05) is 24.7 Å². The van der Waals surface area contributed by atoms with Crippen LogP contribution in [0.3, 0.4) is 0 Å². The van der Waals surface area contributed by atoms with Crippen molar-refractivity contribution in [3.63, 3.8) is 0 Å². The van der Waals surface area contributed by atoms with Gasteiger partial charge in [-0.2, -0.15) is 11.8 Å². The third-order valence-electron chi connectivity index (χ3n) is 1.74. The minimum Gasteiger partial charge on any atom is -0.481 e. The molecule has 0 aliphatic carbocycles. The highest BCUT2D eigenvalue weighted by Gasteiger charge is 1.99. The van der Waals surface area contributed by atoms with E-state index in [1.54, 1.807) is 23.9 Å². The molecule has 5 heteroatoms. The summed E-state index contributed by atoms with van der Waals surface area (Å²) in [5.74, 6) is 0.794. The molecule has 0 rings (SSSR count). The van der Waals surface area contributed by atoms with Crippen LogP contribution >= 0.6 is 11.8 Å². The van der Waals surface area contributed by atoms with E-state index >= 15 is 0 Å². The Balaban J connectivity index is 3.12. The van der Waals surface area contributed by atoms with Crippen LogP contribution < -0.4 is 0 Å². The summed E-state index contributed by atoms with van der Waals surface area (Å²) in [6.45, 7) is 2.78. The first-order valence-corrected chi connectivity index (χ1v) is 6.50. The maximum absolute atomic E-state index is 10.2. The van der Waals surface area contributed by atoms with Crippen LogP contribution in [0.25, 0.3) is 0 Å². The molecule has 2 N–H and O–H groups in total. The molecular weight excluding hydrogens is 228 g/mol. The molecule has 0 aromatic heterocycles. The summed E-state index contributed by atoms with van der Waals surface area (Å²) in [5.41, 5.74) is 0. The van der Waals surface area contributed by atoms with Crippen LogP contribution in [0.5, 0.6) is 0 Å². The number of allylic oxidation sites excluding steroid dienone is 1. The summed E-state index contributed by atoms with van der Waals surface area (Å²) in [5, 5.41) is 17.7. The molecular formula is C11H20O4S. The van der Waals surface area contributed by atoms with Gasteiger partial charge < -0.3 is 14.9 Å². The fourth-order valence-electron chi connectivity index (χ4n) is 1.01. The van der Waals surface area contributed by atoms with E-state index in [2.05, 4.69) is 0 Å². The molecule has 0 fully saturated rings. The Labute approximate surface area is 101 Å². The summed E-state index contributed by atoms with van der Waals surface area (Å²) >= 11 is 1.61. The van der Waals surface area contributed by atoms with Crippen molar-refractivity contribution in [2.45, 2.75) is 25.9 Å². The number of hydrogen-bond donors (Lipinski definition) is 2. The van der Waals surface area contributed by atoms with Crippen molar-refractivity contribution < 1.29 is 19.7 Å². The molecule has 0 amide bonds. The second-order valence-corrected chi connectivity index (χ2v) is 4.50. The smallest absolute Gasteiger partial charge is 0.304 e. The monoisotopic (exact) mass is 248 g/mol. The number of rotatable bonds is 10. The largest absolute Gasteiger partial charge is 0.481 e. The summed E-state index contributed by atoms with van der Waals surface area (Å²) in [6.07, 6.45) is 4.04. The van der Waals surface area contributed by atoms with Crippen molar-refractivity contribution in [3.05, 3.63) is 12.2 Å². The third-order valence-corrected chi connectivity index (χ3v) is 2.81. The number of thioether (sulfide) groups is 1. The van der Waals surface area contributed by atoms with Crippen molar-refractivity contribution in [2.24, 2.45) is 0 Å². The number of hydrogen-bond acceptors (Lipinski definition) is 4. The van der Waals surface area contributed by atoms with Gasteiger partial charge in [-0.05, 0) is 19.1 Å². The summed E-state index contributed by atoms with van der Waals surface area (Å²) < 4.78 is 5.24. The lowest BCUT2D eigenvalue weighted by atomic mass is 10.3. The molecule has 0 aromatic rings. The van der Waals surface area contributed by atoms with E-state index in [1.807, 2.05) is 6.92 Å². The van der Waals surface area contributed by atoms with Gasteiger partial charge in [0.1, 0.15) is 0 Å². The number of aliphatic hydroxyl groups is 1. The van der Waals surface area contributed by atoms with Gasteiger partial charge >= 0.3 is 5.97 Å². The molecule has 0 bridgehead atoms. The van der Waals surface area contributed by atoms with Crippen molar-refractivity contribution in [1.82, 2.24) is 0 Å². The minimum absolute atomic E-state index is 0.214. The first-order chi connectivity index (χ1) is 7.66. The fraction of sp³-hybridized carbons (Fsp3) is 0.727. The van der Waals surface area contributed by atoms with Gasteiger partial charge in [-0.15, -0.1) is 0 Å². The number of carboxylic acids is 1. The Bertz CT molecular complexity index is 206. The standard InChI is InChI=1S/C11H20O4S/c1-2-4-10(12)9-15-6-3-7-16-8-5-11(13)14/h2,4,10,12H,3,5-9H2,1H3,(H,13,14)/b4-2-. The zero-order valence-electron chi connectivity index (χ0n) is 9.59. The van der Waals surface area contributed by atoms with E-state index in [0.717, 1.165) is 12.2 Å². The Morgan fingerprint density at radius 3 is 2.88 bits per heavy atom. The Morgan fingerprint density at radius 1 is 1.50 bits per heavy atom. The maximum atomic E-state index is 10.2. The minimum atomic E-state index is -0.752. The van der Waals surface area contributed by atoms with Gasteiger partial charge in [0.25, 0.3) is 0 Å². The van der Waals surface area contributed by atoms with E-state index < -0.39 is 12.1 Å². The molecule has 0 aliphatic heterocycles. The zero-order chi connectivity index (χ0) is 12.2. The second kappa shape index (κ2) is 11.0. The molecule has 0 aromatic carbocycles. The molecule has 1 unspecified atom stereocenters. The van der Waals surface area contributed by atoms with E-state index in [1.165, 1.54) is 0 Å². The summed E-state index contributed by atoms with van der Waals surface area (Å²) in [7, 11) is 0. The quantitative estimate of drug-likeness (QED) is 0.453. The number of carboxylic acid groups (broad SMARTS) is 1. The van der Waals surface area contributed by atoms with Crippen LogP contribution in [0.2, 0.25) is 0 Å². The van der Waals surface area contributed by atoms with Crippen LogP contribution in [0, 0.1) is 0 Å². The van der Waals surface area contributed by atoms with E-state index in [-0.39, 0.29) is 6.42 Å². The fourth-order valence-corrected chi connectivity index (χ4v) is 1.85. The van der Waals surface area contributed by atoms with Crippen LogP contribution in [0.1, 0.15) is 19.8 Å². The lowest BCUT2D eigenvalue weighted by molar-refractivity contribution is -0.136. The Hall–Kier alpha value is -0.520. The van der Waals surface area contributed by atoms with Gasteiger partial charge in [-0.1, -0.05) is 12.2 Å². The SMILES string of the molecule is C/C=C\C(O)COCCCSCCC(=O)O. The predicted molar refractivity (Wildman–Crippen MR) is 65.8 cm³/mol. The van der Waals surface area contributed by atoms with Crippen LogP contribution in [0.4, 0.5) is 0 Å². The highest BCUT2D eigenvalue weighted by Crippen LogP contribution is 2.04. The summed E-state index contributed by atoms with van der Waals surface area (Å²) in [4.78, 5) is 10.2. The highest BCUT2D eigenvalue weighted by molar-refractivity contribution is 7.99. The van der Waals surface area contributed by atoms with E-state index in [0.29, 0.717) is 19.0 Å². The highest BCUT2D eigenvalue weighted by atomic mass is 32.2. The number of aliphatic carboxylic acids is 1. The normalized spacial score (nSPS) is 13.1. The number of ether oxygens (including phenoxy) is 1. The lowest BCUT2D eigenvalue weighted by Gasteiger charge is -2.06. The van der Waals surface area contributed by atoms with E-state index in [9.17, 15) is 9.90 Å². The predicted octanol–water partition coefficient (Wildman–Crippen LogP) is 1.54. The third kappa shape index (κ3) is 11.6. The first-order valence-electron chi connectivity index (χ1n) is 5.35. The van der Waals surface area contributed by atoms with Gasteiger partial charge in [0.2, 0.25) is 0 Å². The van der Waals surface area contributed by atoms with Gasteiger partial charge in [-0.25, -0.2) is 0 Å². The van der Waals surface area contributed by atoms with Crippen LogP contribution in [-0.4, -0.2) is 47.0 Å². The first kappa shape index (κ1) is 15.5. The van der Waals surface area contributed by atoms with Crippen molar-refractivity contribution >= 4 is 17.7 Å².